The van der Waals surface area contributed by atoms with Crippen molar-refractivity contribution in [1.82, 2.24) is 9.88 Å². The lowest BCUT2D eigenvalue weighted by Gasteiger charge is -2.27. The molecule has 0 bridgehead atoms. The fraction of sp³-hybridized carbons (Fsp3) is 0.583. The van der Waals surface area contributed by atoms with E-state index in [0.29, 0.717) is 19.0 Å². The minimum Gasteiger partial charge on any atom is -0.481 e. The van der Waals surface area contributed by atoms with Gasteiger partial charge < -0.3 is 20.1 Å². The first kappa shape index (κ1) is 13.7. The van der Waals surface area contributed by atoms with E-state index in [-0.39, 0.29) is 0 Å². The molecule has 17 heavy (non-hydrogen) atoms. The number of hydrogen-bond acceptors (Lipinski definition) is 5. The number of nitrogens with one attached hydrogen (secondary N) is 1. The first-order valence-electron chi connectivity index (χ1n) is 5.54. The van der Waals surface area contributed by atoms with E-state index in [2.05, 4.69) is 10.3 Å². The van der Waals surface area contributed by atoms with Crippen molar-refractivity contribution >= 4 is 5.69 Å². The van der Waals surface area contributed by atoms with Crippen molar-refractivity contribution < 1.29 is 9.84 Å². The number of anilines is 1. The number of hydrogen-bond donors (Lipinski definition) is 2. The van der Waals surface area contributed by atoms with Gasteiger partial charge in [0, 0.05) is 31.0 Å². The van der Waals surface area contributed by atoms with Crippen LogP contribution in [0.15, 0.2) is 18.3 Å². The zero-order valence-corrected chi connectivity index (χ0v) is 10.9. The molecule has 0 aromatic carbocycles. The SMILES string of the molecule is COc1cc(NCC(C)(O)CN(C)C)ccn1. The predicted octanol–water partition coefficient (Wildman–Crippen LogP) is 0.815. The number of likely N-dealkylation sites (N-methyl/N-ethyl adjacent to an activating group) is 1. The molecule has 2 N–H and O–H groups in total. The van der Waals surface area contributed by atoms with Crippen LogP contribution in [0, 0.1) is 0 Å². The quantitative estimate of drug-likeness (QED) is 0.769. The second-order valence-corrected chi connectivity index (χ2v) is 4.68. The largest absolute Gasteiger partial charge is 0.481 e. The van der Waals surface area contributed by atoms with Crippen molar-refractivity contribution in [1.29, 1.82) is 0 Å². The average Bonchev–Trinajstić information content (AvgIpc) is 2.25. The molecule has 1 heterocycles. The molecule has 0 saturated heterocycles. The Bertz CT molecular complexity index is 353. The zero-order valence-electron chi connectivity index (χ0n) is 10.9. The highest BCUT2D eigenvalue weighted by Crippen LogP contribution is 2.14. The average molecular weight is 239 g/mol. The lowest BCUT2D eigenvalue weighted by Crippen LogP contribution is -2.43. The second-order valence-electron chi connectivity index (χ2n) is 4.68. The Kier molecular flexibility index (Phi) is 4.72. The van der Waals surface area contributed by atoms with Crippen LogP contribution in [0.5, 0.6) is 5.88 Å². The molecule has 0 spiro atoms. The molecule has 0 aliphatic heterocycles. The summed E-state index contributed by atoms with van der Waals surface area (Å²) < 4.78 is 5.03. The number of aliphatic hydroxyl groups is 1. The maximum atomic E-state index is 10.1. The van der Waals surface area contributed by atoms with Crippen LogP contribution < -0.4 is 10.1 Å². The highest BCUT2D eigenvalue weighted by molar-refractivity contribution is 5.45. The smallest absolute Gasteiger partial charge is 0.214 e. The Morgan fingerprint density at radius 3 is 2.82 bits per heavy atom. The van der Waals surface area contributed by atoms with Crippen LogP contribution in [0.3, 0.4) is 0 Å². The van der Waals surface area contributed by atoms with Crippen LogP contribution in [0.4, 0.5) is 5.69 Å². The van der Waals surface area contributed by atoms with Gasteiger partial charge in [0.1, 0.15) is 0 Å². The monoisotopic (exact) mass is 239 g/mol. The van der Waals surface area contributed by atoms with Crippen LogP contribution in [0.25, 0.3) is 0 Å². The summed E-state index contributed by atoms with van der Waals surface area (Å²) in [6.07, 6.45) is 1.67. The number of aromatic nitrogens is 1. The van der Waals surface area contributed by atoms with Gasteiger partial charge in [0.05, 0.1) is 12.7 Å². The van der Waals surface area contributed by atoms with Crippen molar-refractivity contribution in [2.45, 2.75) is 12.5 Å². The molecule has 1 aromatic heterocycles. The lowest BCUT2D eigenvalue weighted by atomic mass is 10.1. The van der Waals surface area contributed by atoms with E-state index in [1.807, 2.05) is 25.1 Å². The molecular formula is C12H21N3O2. The van der Waals surface area contributed by atoms with Crippen molar-refractivity contribution in [3.05, 3.63) is 18.3 Å². The first-order chi connectivity index (χ1) is 7.93. The third-order valence-corrected chi connectivity index (χ3v) is 2.27. The molecule has 0 aliphatic rings. The summed E-state index contributed by atoms with van der Waals surface area (Å²) >= 11 is 0. The molecule has 0 amide bonds. The summed E-state index contributed by atoms with van der Waals surface area (Å²) in [7, 11) is 5.45. The maximum absolute atomic E-state index is 10.1. The lowest BCUT2D eigenvalue weighted by molar-refractivity contribution is 0.0460. The molecule has 1 unspecified atom stereocenters. The summed E-state index contributed by atoms with van der Waals surface area (Å²) in [6, 6.07) is 3.64. The van der Waals surface area contributed by atoms with E-state index in [9.17, 15) is 5.11 Å². The molecule has 1 rings (SSSR count). The Balaban J connectivity index is 2.54. The van der Waals surface area contributed by atoms with Crippen LogP contribution in [-0.4, -0.2) is 54.9 Å². The first-order valence-corrected chi connectivity index (χ1v) is 5.54. The standard InChI is InChI=1S/C12H21N3O2/c1-12(16,9-15(2)3)8-14-10-5-6-13-11(7-10)17-4/h5-7,16H,8-9H2,1-4H3,(H,13,14). The van der Waals surface area contributed by atoms with Gasteiger partial charge in [-0.25, -0.2) is 4.98 Å². The second kappa shape index (κ2) is 5.84. The summed E-state index contributed by atoms with van der Waals surface area (Å²) in [4.78, 5) is 5.97. The van der Waals surface area contributed by atoms with Gasteiger partial charge in [0.15, 0.2) is 0 Å². The maximum Gasteiger partial charge on any atom is 0.214 e. The normalized spacial score (nSPS) is 14.5. The molecule has 1 atom stereocenters. The zero-order chi connectivity index (χ0) is 12.9. The molecule has 0 saturated carbocycles. The Morgan fingerprint density at radius 1 is 1.53 bits per heavy atom. The summed E-state index contributed by atoms with van der Waals surface area (Å²) in [5.74, 6) is 0.558. The third kappa shape index (κ3) is 5.01. The fourth-order valence-corrected chi connectivity index (χ4v) is 1.66. The van der Waals surface area contributed by atoms with E-state index in [0.717, 1.165) is 5.69 Å². The highest BCUT2D eigenvalue weighted by atomic mass is 16.5. The van der Waals surface area contributed by atoms with Crippen LogP contribution in [0.2, 0.25) is 0 Å². The molecular weight excluding hydrogens is 218 g/mol. The van der Waals surface area contributed by atoms with E-state index in [4.69, 9.17) is 4.74 Å². The molecule has 96 valence electrons. The van der Waals surface area contributed by atoms with Gasteiger partial charge in [-0.1, -0.05) is 0 Å². The summed E-state index contributed by atoms with van der Waals surface area (Å²) in [5, 5.41) is 13.3. The minimum atomic E-state index is -0.778. The molecule has 0 radical (unpaired) electrons. The number of rotatable bonds is 6. The van der Waals surface area contributed by atoms with Crippen LogP contribution in [-0.2, 0) is 0 Å². The Labute approximate surface area is 102 Å². The molecule has 5 heteroatoms. The number of methoxy groups -OCH3 is 1. The number of pyridine rings is 1. The number of nitrogens with zero attached hydrogens (tertiary/aromatic N) is 2. The minimum absolute atomic E-state index is 0.471. The van der Waals surface area contributed by atoms with Gasteiger partial charge in [-0.2, -0.15) is 0 Å². The molecule has 1 aromatic rings. The Morgan fingerprint density at radius 2 is 2.24 bits per heavy atom. The van der Waals surface area contributed by atoms with Crippen molar-refractivity contribution in [2.75, 3.05) is 39.6 Å². The predicted molar refractivity (Wildman–Crippen MR) is 68.5 cm³/mol. The summed E-state index contributed by atoms with van der Waals surface area (Å²) in [6.45, 7) is 2.87. The van der Waals surface area contributed by atoms with Gasteiger partial charge in [-0.3, -0.25) is 0 Å². The van der Waals surface area contributed by atoms with Crippen molar-refractivity contribution in [3.63, 3.8) is 0 Å². The van der Waals surface area contributed by atoms with Gasteiger partial charge in [0.2, 0.25) is 5.88 Å². The van der Waals surface area contributed by atoms with Crippen molar-refractivity contribution in [2.24, 2.45) is 0 Å². The van der Waals surface area contributed by atoms with Gasteiger partial charge in [-0.15, -0.1) is 0 Å². The number of ether oxygens (including phenoxy) is 1. The van der Waals surface area contributed by atoms with E-state index < -0.39 is 5.60 Å². The molecule has 0 aliphatic carbocycles. The van der Waals surface area contributed by atoms with Crippen LogP contribution in [0.1, 0.15) is 6.92 Å². The van der Waals surface area contributed by atoms with Crippen LogP contribution >= 0.6 is 0 Å². The highest BCUT2D eigenvalue weighted by Gasteiger charge is 2.20. The van der Waals surface area contributed by atoms with Gasteiger partial charge in [-0.05, 0) is 27.1 Å². The Hall–Kier alpha value is -1.33. The topological polar surface area (TPSA) is 57.6 Å². The fourth-order valence-electron chi connectivity index (χ4n) is 1.66. The van der Waals surface area contributed by atoms with E-state index in [1.165, 1.54) is 0 Å². The third-order valence-electron chi connectivity index (χ3n) is 2.27. The van der Waals surface area contributed by atoms with E-state index in [1.54, 1.807) is 26.3 Å². The van der Waals surface area contributed by atoms with Gasteiger partial charge >= 0.3 is 0 Å². The van der Waals surface area contributed by atoms with Gasteiger partial charge in [0.25, 0.3) is 0 Å². The molecule has 5 nitrogen and oxygen atoms in total. The van der Waals surface area contributed by atoms with E-state index >= 15 is 0 Å². The summed E-state index contributed by atoms with van der Waals surface area (Å²) in [5.41, 5.74) is 0.107. The molecule has 0 fully saturated rings. The van der Waals surface area contributed by atoms with Crippen molar-refractivity contribution in [3.8, 4) is 5.88 Å².